The topological polar surface area (TPSA) is 96.4 Å². The molecule has 0 aromatic heterocycles. The van der Waals surface area contributed by atoms with E-state index in [-0.39, 0.29) is 12.7 Å². The third kappa shape index (κ3) is 6.63. The van der Waals surface area contributed by atoms with Gasteiger partial charge in [-0.2, -0.15) is 0 Å². The number of amides is 1. The average molecular weight is 572 g/mol. The minimum atomic E-state index is -0.822. The summed E-state index contributed by atoms with van der Waals surface area (Å²) in [5, 5.41) is 2.82. The molecule has 8 heteroatoms. The highest BCUT2D eigenvalue weighted by Gasteiger charge is 2.58. The van der Waals surface area contributed by atoms with Crippen LogP contribution in [0.5, 0.6) is 23.0 Å². The van der Waals surface area contributed by atoms with Crippen molar-refractivity contribution in [2.45, 2.75) is 18.4 Å². The first-order chi connectivity index (χ1) is 21.0. The van der Waals surface area contributed by atoms with Crippen molar-refractivity contribution in [3.05, 3.63) is 119 Å². The van der Waals surface area contributed by atoms with Crippen molar-refractivity contribution in [2.75, 3.05) is 24.6 Å². The van der Waals surface area contributed by atoms with E-state index < -0.39 is 5.54 Å². The third-order valence-electron chi connectivity index (χ3n) is 7.20. The van der Waals surface area contributed by atoms with Crippen LogP contribution in [0.25, 0.3) is 29.1 Å². The Hall–Kier alpha value is -5.68. The highest BCUT2D eigenvalue weighted by Crippen LogP contribution is 2.41. The molecule has 0 bridgehead atoms. The Morgan fingerprint density at radius 1 is 0.674 bits per heavy atom. The maximum absolute atomic E-state index is 12.1. The second-order valence-electron chi connectivity index (χ2n) is 10.3. The van der Waals surface area contributed by atoms with E-state index in [0.717, 1.165) is 50.9 Å². The monoisotopic (exact) mass is 571 g/mol. The Morgan fingerprint density at radius 3 is 1.60 bits per heavy atom. The number of hydrogen-bond acceptors (Lipinski definition) is 6. The Labute approximate surface area is 249 Å². The summed E-state index contributed by atoms with van der Waals surface area (Å²) in [5.41, 5.74) is 10.5. The molecule has 1 fully saturated rings. The zero-order valence-electron chi connectivity index (χ0n) is 23.3. The molecule has 2 heterocycles. The lowest BCUT2D eigenvalue weighted by Gasteiger charge is -2.06. The van der Waals surface area contributed by atoms with E-state index in [1.807, 2.05) is 109 Å². The molecule has 1 aliphatic carbocycles. The number of anilines is 2. The molecule has 7 rings (SSSR count). The van der Waals surface area contributed by atoms with E-state index in [4.69, 9.17) is 31.3 Å². The van der Waals surface area contributed by atoms with E-state index in [9.17, 15) is 4.79 Å². The van der Waals surface area contributed by atoms with Crippen LogP contribution in [-0.2, 0) is 4.79 Å². The second-order valence-corrected chi connectivity index (χ2v) is 10.3. The molecule has 3 N–H and O–H groups in total. The molecule has 0 unspecified atom stereocenters. The largest absolute Gasteiger partial charge is 0.454 e. The van der Waals surface area contributed by atoms with E-state index in [1.165, 1.54) is 0 Å². The molecular formula is C35H29N3O5. The zero-order chi connectivity index (χ0) is 29.6. The van der Waals surface area contributed by atoms with Gasteiger partial charge in [0.15, 0.2) is 23.0 Å². The van der Waals surface area contributed by atoms with Gasteiger partial charge in [0.1, 0.15) is 0 Å². The standard InChI is InChI=1S/C20H16N2O3.C15H13NO2/c1-21-20(10-11-20)19(23)22-16-7-4-14(5-8-16)2-3-15-6-9-17-18(12-15)25-13-24-17;16-13-6-3-11(4-7-13)1-2-12-5-8-14-15(9-12)18-10-17-14/h2-9,12H,10-11,13H2,(H,22,23);1-9H,10,16H2/b3-2+;2-1+. The number of hydrogen-bond donors (Lipinski definition) is 2. The highest BCUT2D eigenvalue weighted by atomic mass is 16.7. The van der Waals surface area contributed by atoms with Gasteiger partial charge in [-0.05, 0) is 70.8 Å². The fourth-order valence-corrected chi connectivity index (χ4v) is 4.46. The van der Waals surface area contributed by atoms with Gasteiger partial charge < -0.3 is 30.0 Å². The van der Waals surface area contributed by atoms with Gasteiger partial charge in [0.25, 0.3) is 0 Å². The number of benzene rings is 4. The van der Waals surface area contributed by atoms with Crippen LogP contribution in [-0.4, -0.2) is 25.0 Å². The molecule has 0 radical (unpaired) electrons. The Bertz CT molecular complexity index is 1730. The van der Waals surface area contributed by atoms with Crippen LogP contribution >= 0.6 is 0 Å². The van der Waals surface area contributed by atoms with Crippen LogP contribution < -0.4 is 30.0 Å². The van der Waals surface area contributed by atoms with Gasteiger partial charge in [0.2, 0.25) is 13.6 Å². The minimum absolute atomic E-state index is 0.203. The molecule has 8 nitrogen and oxygen atoms in total. The number of fused-ring (bicyclic) bond motifs is 2. The lowest BCUT2D eigenvalue weighted by atomic mass is 10.1. The fourth-order valence-electron chi connectivity index (χ4n) is 4.46. The highest BCUT2D eigenvalue weighted by molar-refractivity contribution is 6.01. The van der Waals surface area contributed by atoms with E-state index >= 15 is 0 Å². The lowest BCUT2D eigenvalue weighted by Crippen LogP contribution is -2.26. The number of carbonyl (C=O) groups is 1. The first kappa shape index (κ1) is 27.5. The molecule has 0 spiro atoms. The summed E-state index contributed by atoms with van der Waals surface area (Å²) >= 11 is 0. The SMILES string of the molecule is Nc1ccc(/C=C/c2ccc3c(c2)OCO3)cc1.[C-]#[N+]C1(C(=O)Nc2ccc(/C=C/c3ccc4c(c3)OCO4)cc2)CC1. The van der Waals surface area contributed by atoms with Crippen LogP contribution in [0.1, 0.15) is 35.1 Å². The number of nitrogens with two attached hydrogens (primary N) is 1. The van der Waals surface area contributed by atoms with Gasteiger partial charge in [-0.25, -0.2) is 6.57 Å². The molecular weight excluding hydrogens is 542 g/mol. The van der Waals surface area contributed by atoms with E-state index in [0.29, 0.717) is 25.3 Å². The molecule has 1 amide bonds. The Kier molecular flexibility index (Phi) is 7.70. The summed E-state index contributed by atoms with van der Waals surface area (Å²) in [6, 6.07) is 27.0. The van der Waals surface area contributed by atoms with Crippen LogP contribution in [0, 0.1) is 6.57 Å². The maximum atomic E-state index is 12.1. The van der Waals surface area contributed by atoms with Gasteiger partial charge >= 0.3 is 11.4 Å². The van der Waals surface area contributed by atoms with Crippen molar-refractivity contribution in [3.8, 4) is 23.0 Å². The van der Waals surface area contributed by atoms with Gasteiger partial charge in [-0.15, -0.1) is 0 Å². The second kappa shape index (κ2) is 12.0. The number of carbonyl (C=O) groups excluding carboxylic acids is 1. The zero-order valence-corrected chi connectivity index (χ0v) is 23.3. The van der Waals surface area contributed by atoms with Gasteiger partial charge in [-0.3, -0.25) is 9.64 Å². The van der Waals surface area contributed by atoms with Gasteiger partial charge in [0.05, 0.1) is 0 Å². The average Bonchev–Trinajstić information content (AvgIpc) is 3.46. The van der Waals surface area contributed by atoms with Crippen molar-refractivity contribution in [2.24, 2.45) is 0 Å². The van der Waals surface area contributed by atoms with Crippen molar-refractivity contribution in [1.82, 2.24) is 0 Å². The minimum Gasteiger partial charge on any atom is -0.454 e. The normalized spacial score (nSPS) is 15.0. The van der Waals surface area contributed by atoms with Gasteiger partial charge in [-0.1, -0.05) is 60.7 Å². The third-order valence-corrected chi connectivity index (χ3v) is 7.20. The quantitative estimate of drug-likeness (QED) is 0.145. The molecule has 1 saturated carbocycles. The molecule has 214 valence electrons. The van der Waals surface area contributed by atoms with Crippen molar-refractivity contribution >= 4 is 41.6 Å². The van der Waals surface area contributed by atoms with Crippen molar-refractivity contribution in [3.63, 3.8) is 0 Å². The Morgan fingerprint density at radius 2 is 1.12 bits per heavy atom. The number of ether oxygens (including phenoxy) is 4. The van der Waals surface area contributed by atoms with Crippen LogP contribution in [0.4, 0.5) is 11.4 Å². The van der Waals surface area contributed by atoms with Crippen molar-refractivity contribution in [1.29, 1.82) is 0 Å². The van der Waals surface area contributed by atoms with Crippen LogP contribution in [0.15, 0.2) is 84.9 Å². The Balaban J connectivity index is 0.000000162. The summed E-state index contributed by atoms with van der Waals surface area (Å²) < 4.78 is 21.3. The molecule has 4 aromatic carbocycles. The molecule has 0 atom stereocenters. The number of rotatable bonds is 6. The smallest absolute Gasteiger partial charge is 0.310 e. The fraction of sp³-hybridized carbons (Fsp3) is 0.143. The number of nitrogens with one attached hydrogen (secondary N) is 1. The van der Waals surface area contributed by atoms with Crippen LogP contribution in [0.2, 0.25) is 0 Å². The van der Waals surface area contributed by atoms with Crippen molar-refractivity contribution < 1.29 is 23.7 Å². The van der Waals surface area contributed by atoms with E-state index in [1.54, 1.807) is 0 Å². The predicted molar refractivity (Wildman–Crippen MR) is 167 cm³/mol. The predicted octanol–water partition coefficient (Wildman–Crippen LogP) is 7.14. The lowest BCUT2D eigenvalue weighted by molar-refractivity contribution is -0.117. The van der Waals surface area contributed by atoms with E-state index in [2.05, 4.69) is 10.2 Å². The summed E-state index contributed by atoms with van der Waals surface area (Å²) in [7, 11) is 0. The molecule has 43 heavy (non-hydrogen) atoms. The number of nitrogen functional groups attached to an aromatic ring is 1. The first-order valence-corrected chi connectivity index (χ1v) is 13.8. The summed E-state index contributed by atoms with van der Waals surface area (Å²) in [6.45, 7) is 7.69. The molecule has 2 aliphatic heterocycles. The first-order valence-electron chi connectivity index (χ1n) is 13.8. The molecule has 0 saturated heterocycles. The maximum Gasteiger partial charge on any atom is 0.310 e. The molecule has 3 aliphatic rings. The number of nitrogens with zero attached hydrogens (tertiary/aromatic N) is 1. The summed E-state index contributed by atoms with van der Waals surface area (Å²) in [5.74, 6) is 2.93. The van der Waals surface area contributed by atoms with Gasteiger partial charge in [0, 0.05) is 24.2 Å². The summed E-state index contributed by atoms with van der Waals surface area (Å²) in [6.07, 6.45) is 9.36. The summed E-state index contributed by atoms with van der Waals surface area (Å²) in [4.78, 5) is 15.5. The molecule has 4 aromatic rings. The van der Waals surface area contributed by atoms with Crippen LogP contribution in [0.3, 0.4) is 0 Å².